The number of furan rings is 1. The number of nitrogens with one attached hydrogen (secondary N) is 2. The molecule has 0 bridgehead atoms. The average Bonchev–Trinajstić information content (AvgIpc) is 3.51. The molecular weight excluding hydrogens is 527 g/mol. The minimum atomic E-state index is -1.74. The number of anilines is 1. The summed E-state index contributed by atoms with van der Waals surface area (Å²) in [5.41, 5.74) is 5.11. The van der Waals surface area contributed by atoms with Crippen molar-refractivity contribution in [1.82, 2.24) is 10.4 Å². The quantitative estimate of drug-likeness (QED) is 0.251. The first-order valence-corrected chi connectivity index (χ1v) is 12.6. The minimum absolute atomic E-state index is 0.105. The molecule has 5 rings (SSSR count). The van der Waals surface area contributed by atoms with E-state index in [1.807, 2.05) is 36.5 Å². The molecule has 0 fully saturated rings. The molecule has 1 aliphatic heterocycles. The van der Waals surface area contributed by atoms with Crippen LogP contribution >= 0.6 is 23.2 Å². The first-order valence-electron chi connectivity index (χ1n) is 11.9. The van der Waals surface area contributed by atoms with Crippen molar-refractivity contribution in [2.24, 2.45) is 5.10 Å². The topological polar surface area (TPSA) is 117 Å². The van der Waals surface area contributed by atoms with Crippen LogP contribution in [0.4, 0.5) is 5.69 Å². The molecule has 4 aromatic rings. The highest BCUT2D eigenvalue weighted by atomic mass is 35.5. The lowest BCUT2D eigenvalue weighted by Crippen LogP contribution is -2.31. The number of carbonyl (C=O) groups excluding carboxylic acids is 2. The number of benzene rings is 2. The number of halogens is 2. The van der Waals surface area contributed by atoms with Gasteiger partial charge in [-0.15, -0.1) is 0 Å². The standard InChI is InChI=1S/C28H24Cl2N4O4/c1-14(35)33-24-21-11-20(15-4-7-18(29)8-5-15)23(34-27(21)38-25(24)26(36)28(2,3)37)19-9-6-16(10-22(19)30)17-12-31-32-13-17/h4-12,17,32,37H,13H2,1-3H3,(H,33,35). The van der Waals surface area contributed by atoms with Gasteiger partial charge in [0.1, 0.15) is 11.3 Å². The molecule has 8 nitrogen and oxygen atoms in total. The number of pyridine rings is 1. The van der Waals surface area contributed by atoms with Crippen LogP contribution in [0.5, 0.6) is 0 Å². The van der Waals surface area contributed by atoms with Crippen LogP contribution in [0.1, 0.15) is 42.8 Å². The van der Waals surface area contributed by atoms with Gasteiger partial charge in [0.2, 0.25) is 17.4 Å². The summed E-state index contributed by atoms with van der Waals surface area (Å²) in [5.74, 6) is -1.18. The summed E-state index contributed by atoms with van der Waals surface area (Å²) in [6.07, 6.45) is 1.84. The fraction of sp³-hybridized carbons (Fsp3) is 0.214. The Morgan fingerprint density at radius 3 is 2.45 bits per heavy atom. The summed E-state index contributed by atoms with van der Waals surface area (Å²) in [6, 6.07) is 14.7. The maximum atomic E-state index is 13.0. The lowest BCUT2D eigenvalue weighted by Gasteiger charge is -2.14. The molecular formula is C28H24Cl2N4O4. The Hall–Kier alpha value is -3.72. The molecule has 38 heavy (non-hydrogen) atoms. The van der Waals surface area contributed by atoms with Crippen molar-refractivity contribution >= 4 is 57.9 Å². The second-order valence-corrected chi connectivity index (χ2v) is 10.4. The maximum absolute atomic E-state index is 13.0. The van der Waals surface area contributed by atoms with Crippen molar-refractivity contribution in [2.75, 3.05) is 11.9 Å². The van der Waals surface area contributed by atoms with E-state index in [1.54, 1.807) is 18.2 Å². The van der Waals surface area contributed by atoms with Crippen molar-refractivity contribution in [3.05, 3.63) is 69.9 Å². The number of nitrogens with zero attached hydrogens (tertiary/aromatic N) is 2. The van der Waals surface area contributed by atoms with Crippen molar-refractivity contribution in [2.45, 2.75) is 32.3 Å². The molecule has 10 heteroatoms. The molecule has 194 valence electrons. The van der Waals surface area contributed by atoms with Crippen molar-refractivity contribution in [3.63, 3.8) is 0 Å². The first kappa shape index (κ1) is 25.9. The molecule has 0 spiro atoms. The molecule has 0 saturated heterocycles. The summed E-state index contributed by atoms with van der Waals surface area (Å²) >= 11 is 12.9. The van der Waals surface area contributed by atoms with Gasteiger partial charge in [-0.25, -0.2) is 4.98 Å². The predicted octanol–water partition coefficient (Wildman–Crippen LogP) is 6.05. The van der Waals surface area contributed by atoms with E-state index in [0.717, 1.165) is 11.1 Å². The molecule has 1 atom stereocenters. The largest absolute Gasteiger partial charge is 0.432 e. The number of Topliss-reactive ketones (excluding diaryl/α,β-unsaturated/α-hetero) is 1. The third kappa shape index (κ3) is 4.90. The number of fused-ring (bicyclic) bond motifs is 1. The van der Waals surface area contributed by atoms with E-state index >= 15 is 0 Å². The van der Waals surface area contributed by atoms with E-state index in [-0.39, 0.29) is 23.1 Å². The van der Waals surface area contributed by atoms with Gasteiger partial charge in [0.15, 0.2) is 5.76 Å². The first-order chi connectivity index (χ1) is 18.0. The van der Waals surface area contributed by atoms with Crippen LogP contribution in [0, 0.1) is 0 Å². The van der Waals surface area contributed by atoms with Crippen LogP contribution < -0.4 is 10.7 Å². The lowest BCUT2D eigenvalue weighted by molar-refractivity contribution is -0.114. The van der Waals surface area contributed by atoms with Crippen LogP contribution in [-0.4, -0.2) is 40.1 Å². The SMILES string of the molecule is CC(=O)Nc1c(C(=O)C(C)(C)O)oc2nc(-c3ccc(C4C=NNC4)cc3Cl)c(-c3ccc(Cl)cc3)cc12. The zero-order chi connectivity index (χ0) is 27.2. The van der Waals surface area contributed by atoms with Crippen LogP contribution in [0.2, 0.25) is 10.0 Å². The molecule has 1 aliphatic rings. The summed E-state index contributed by atoms with van der Waals surface area (Å²) in [6.45, 7) is 4.71. The van der Waals surface area contributed by atoms with E-state index in [9.17, 15) is 14.7 Å². The summed E-state index contributed by atoms with van der Waals surface area (Å²) in [7, 11) is 0. The van der Waals surface area contributed by atoms with Gasteiger partial charge < -0.3 is 20.3 Å². The Labute approximate surface area is 228 Å². The normalized spacial score (nSPS) is 15.1. The zero-order valence-corrected chi connectivity index (χ0v) is 22.3. The van der Waals surface area contributed by atoms with E-state index < -0.39 is 17.3 Å². The fourth-order valence-electron chi connectivity index (χ4n) is 4.32. The van der Waals surface area contributed by atoms with Crippen LogP contribution in [0.25, 0.3) is 33.5 Å². The highest BCUT2D eigenvalue weighted by Gasteiger charge is 2.33. The fourth-order valence-corrected chi connectivity index (χ4v) is 4.72. The third-order valence-corrected chi connectivity index (χ3v) is 6.80. The molecule has 2 aromatic carbocycles. The summed E-state index contributed by atoms with van der Waals surface area (Å²) < 4.78 is 5.88. The number of carbonyl (C=O) groups is 2. The average molecular weight is 551 g/mol. The molecule has 0 aliphatic carbocycles. The Morgan fingerprint density at radius 2 is 1.84 bits per heavy atom. The lowest BCUT2D eigenvalue weighted by atomic mass is 9.94. The Balaban J connectivity index is 1.76. The van der Waals surface area contributed by atoms with Crippen LogP contribution in [-0.2, 0) is 4.79 Å². The van der Waals surface area contributed by atoms with Gasteiger partial charge in [0.05, 0.1) is 16.1 Å². The summed E-state index contributed by atoms with van der Waals surface area (Å²) in [5, 5.41) is 18.6. The van der Waals surface area contributed by atoms with Crippen molar-refractivity contribution in [3.8, 4) is 22.4 Å². The molecule has 0 radical (unpaired) electrons. The van der Waals surface area contributed by atoms with Crippen LogP contribution in [0.15, 0.2) is 58.0 Å². The Kier molecular flexibility index (Phi) is 6.73. The van der Waals surface area contributed by atoms with Gasteiger partial charge >= 0.3 is 0 Å². The molecule has 1 unspecified atom stereocenters. The summed E-state index contributed by atoms with van der Waals surface area (Å²) in [4.78, 5) is 29.9. The van der Waals surface area contributed by atoms with Gasteiger partial charge in [0, 0.05) is 41.8 Å². The Bertz CT molecular complexity index is 1600. The molecule has 0 saturated carbocycles. The zero-order valence-electron chi connectivity index (χ0n) is 20.8. The number of ketones is 1. The second kappa shape index (κ2) is 9.87. The minimum Gasteiger partial charge on any atom is -0.432 e. The monoisotopic (exact) mass is 550 g/mol. The molecule has 3 N–H and O–H groups in total. The van der Waals surface area contributed by atoms with Gasteiger partial charge in [-0.05, 0) is 49.2 Å². The Morgan fingerprint density at radius 1 is 1.11 bits per heavy atom. The number of rotatable bonds is 6. The van der Waals surface area contributed by atoms with Crippen molar-refractivity contribution < 1.29 is 19.1 Å². The third-order valence-electron chi connectivity index (χ3n) is 6.23. The van der Waals surface area contributed by atoms with Crippen molar-refractivity contribution in [1.29, 1.82) is 0 Å². The number of hydrogen-bond donors (Lipinski definition) is 3. The number of aromatic nitrogens is 1. The predicted molar refractivity (Wildman–Crippen MR) is 149 cm³/mol. The van der Waals surface area contributed by atoms with Gasteiger partial charge in [0.25, 0.3) is 0 Å². The maximum Gasteiger partial charge on any atom is 0.231 e. The smallest absolute Gasteiger partial charge is 0.231 e. The molecule has 3 heterocycles. The number of aliphatic hydroxyl groups is 1. The number of hydrazone groups is 1. The van der Waals surface area contributed by atoms with E-state index in [4.69, 9.17) is 32.6 Å². The number of amides is 1. The van der Waals surface area contributed by atoms with Gasteiger partial charge in [-0.1, -0.05) is 47.5 Å². The van der Waals surface area contributed by atoms with Crippen LogP contribution in [0.3, 0.4) is 0 Å². The van der Waals surface area contributed by atoms with Gasteiger partial charge in [-0.2, -0.15) is 5.10 Å². The molecule has 1 amide bonds. The second-order valence-electron chi connectivity index (χ2n) is 9.61. The van der Waals surface area contributed by atoms with E-state index in [1.165, 1.54) is 20.8 Å². The molecule has 2 aromatic heterocycles. The highest BCUT2D eigenvalue weighted by molar-refractivity contribution is 6.33. The number of hydrogen-bond acceptors (Lipinski definition) is 7. The van der Waals surface area contributed by atoms with Gasteiger partial charge in [-0.3, -0.25) is 9.59 Å². The highest BCUT2D eigenvalue weighted by Crippen LogP contribution is 2.41. The van der Waals surface area contributed by atoms with E-state index in [2.05, 4.69) is 15.8 Å². The van der Waals surface area contributed by atoms with E-state index in [0.29, 0.717) is 38.8 Å².